The molecule has 2 aromatic carbocycles. The van der Waals surface area contributed by atoms with Crippen LogP contribution < -0.4 is 4.90 Å². The molecule has 0 saturated carbocycles. The quantitative estimate of drug-likeness (QED) is 0.357. The zero-order valence-corrected chi connectivity index (χ0v) is 19.5. The number of nitrogens with zero attached hydrogens (tertiary/aromatic N) is 5. The summed E-state index contributed by atoms with van der Waals surface area (Å²) in [5.41, 5.74) is 6.22. The van der Waals surface area contributed by atoms with Gasteiger partial charge >= 0.3 is 0 Å². The van der Waals surface area contributed by atoms with E-state index in [0.29, 0.717) is 10.9 Å². The lowest BCUT2D eigenvalue weighted by molar-refractivity contribution is -0.115. The van der Waals surface area contributed by atoms with E-state index in [9.17, 15) is 4.79 Å². The summed E-state index contributed by atoms with van der Waals surface area (Å²) in [7, 11) is 0. The van der Waals surface area contributed by atoms with Gasteiger partial charge < -0.3 is 0 Å². The van der Waals surface area contributed by atoms with Crippen LogP contribution >= 0.6 is 23.1 Å². The number of thiazole rings is 1. The van der Waals surface area contributed by atoms with Crippen molar-refractivity contribution in [1.82, 2.24) is 19.7 Å². The molecule has 0 N–H and O–H groups in total. The molecule has 0 fully saturated rings. The Balaban J connectivity index is 1.55. The molecule has 0 aliphatic heterocycles. The molecule has 0 atom stereocenters. The number of para-hydroxylation sites is 1. The van der Waals surface area contributed by atoms with E-state index in [2.05, 4.69) is 29.3 Å². The highest BCUT2D eigenvalue weighted by molar-refractivity contribution is 7.98. The first-order chi connectivity index (χ1) is 15.0. The Hall–Kier alpha value is -2.97. The van der Waals surface area contributed by atoms with Crippen molar-refractivity contribution in [3.8, 4) is 5.69 Å². The minimum absolute atomic E-state index is 0.0541. The van der Waals surface area contributed by atoms with Gasteiger partial charge in [-0.05, 0) is 49.6 Å². The third-order valence-electron chi connectivity index (χ3n) is 5.10. The molecule has 4 aromatic rings. The monoisotopic (exact) mass is 449 g/mol. The smallest absolute Gasteiger partial charge is 0.230 e. The van der Waals surface area contributed by atoms with Crippen LogP contribution in [-0.4, -0.2) is 25.7 Å². The average Bonchev–Trinajstić information content (AvgIpc) is 3.39. The van der Waals surface area contributed by atoms with Gasteiger partial charge in [0.2, 0.25) is 5.91 Å². The number of benzene rings is 2. The number of rotatable bonds is 6. The Kier molecular flexibility index (Phi) is 6.20. The van der Waals surface area contributed by atoms with Crippen molar-refractivity contribution in [3.05, 3.63) is 76.6 Å². The molecular formula is C23H23N5OS2. The first-order valence-corrected chi connectivity index (χ1v) is 11.7. The maximum atomic E-state index is 12.5. The first-order valence-electron chi connectivity index (χ1n) is 9.86. The minimum Gasteiger partial charge on any atom is -0.276 e. The molecule has 2 heterocycles. The van der Waals surface area contributed by atoms with E-state index in [1.165, 1.54) is 11.3 Å². The van der Waals surface area contributed by atoms with E-state index in [1.54, 1.807) is 29.9 Å². The molecule has 0 spiro atoms. The lowest BCUT2D eigenvalue weighted by atomic mass is 10.1. The lowest BCUT2D eigenvalue weighted by Crippen LogP contribution is -2.23. The Morgan fingerprint density at radius 3 is 2.65 bits per heavy atom. The molecule has 158 valence electrons. The largest absolute Gasteiger partial charge is 0.276 e. The first kappa shape index (κ1) is 21.3. The Bertz CT molecular complexity index is 1230. The van der Waals surface area contributed by atoms with Gasteiger partial charge in [-0.1, -0.05) is 42.1 Å². The number of thioether (sulfide) groups is 1. The van der Waals surface area contributed by atoms with E-state index in [-0.39, 0.29) is 5.91 Å². The van der Waals surface area contributed by atoms with Crippen LogP contribution in [0, 0.1) is 20.8 Å². The Labute approximate surface area is 190 Å². The molecule has 0 bridgehead atoms. The predicted octanol–water partition coefficient (Wildman–Crippen LogP) is 5.63. The summed E-state index contributed by atoms with van der Waals surface area (Å²) in [6.07, 6.45) is 1.73. The van der Waals surface area contributed by atoms with Crippen molar-refractivity contribution in [3.63, 3.8) is 0 Å². The fourth-order valence-electron chi connectivity index (χ4n) is 3.31. The standard InChI is InChI=1S/C23H23N5OS2/c1-15-9-7-11-21(17(15)3)28(18(4)29)22-25-19(12-30-22)13-31-23-26-24-14-27(23)20-10-6-5-8-16(20)2/h5-12,14H,13H2,1-4H3. The van der Waals surface area contributed by atoms with Gasteiger partial charge in [0.05, 0.1) is 17.1 Å². The molecule has 31 heavy (non-hydrogen) atoms. The van der Waals surface area contributed by atoms with Crippen molar-refractivity contribution in [1.29, 1.82) is 0 Å². The maximum absolute atomic E-state index is 12.5. The second-order valence-electron chi connectivity index (χ2n) is 7.25. The van der Waals surface area contributed by atoms with Crippen molar-refractivity contribution >= 4 is 39.8 Å². The van der Waals surface area contributed by atoms with Crippen LogP contribution in [-0.2, 0) is 10.5 Å². The molecule has 1 amide bonds. The summed E-state index contributed by atoms with van der Waals surface area (Å²) in [5.74, 6) is 0.584. The van der Waals surface area contributed by atoms with Gasteiger partial charge in [-0.25, -0.2) is 4.98 Å². The molecule has 2 aromatic heterocycles. The van der Waals surface area contributed by atoms with Crippen LogP contribution in [0.5, 0.6) is 0 Å². The number of amides is 1. The summed E-state index contributed by atoms with van der Waals surface area (Å²) < 4.78 is 1.99. The molecule has 0 radical (unpaired) electrons. The molecule has 0 unspecified atom stereocenters. The second-order valence-corrected chi connectivity index (χ2v) is 9.03. The minimum atomic E-state index is -0.0541. The van der Waals surface area contributed by atoms with Crippen molar-refractivity contribution < 1.29 is 4.79 Å². The zero-order valence-electron chi connectivity index (χ0n) is 17.9. The fourth-order valence-corrected chi connectivity index (χ4v) is 5.11. The molecule has 0 aliphatic rings. The van der Waals surface area contributed by atoms with Crippen LogP contribution in [0.3, 0.4) is 0 Å². The summed E-state index contributed by atoms with van der Waals surface area (Å²) in [5, 5.41) is 11.8. The normalized spacial score (nSPS) is 11.0. The molecule has 4 rings (SSSR count). The summed E-state index contributed by atoms with van der Waals surface area (Å²) in [6, 6.07) is 14.1. The highest BCUT2D eigenvalue weighted by Gasteiger charge is 2.20. The summed E-state index contributed by atoms with van der Waals surface area (Å²) in [4.78, 5) is 18.9. The highest BCUT2D eigenvalue weighted by Crippen LogP contribution is 2.34. The van der Waals surface area contributed by atoms with E-state index < -0.39 is 0 Å². The topological polar surface area (TPSA) is 63.9 Å². The van der Waals surface area contributed by atoms with Crippen LogP contribution in [0.2, 0.25) is 0 Å². The van der Waals surface area contributed by atoms with Gasteiger partial charge in [0, 0.05) is 18.1 Å². The predicted molar refractivity (Wildman–Crippen MR) is 127 cm³/mol. The van der Waals surface area contributed by atoms with E-state index in [1.807, 2.05) is 54.1 Å². The van der Waals surface area contributed by atoms with E-state index >= 15 is 0 Å². The number of carbonyl (C=O) groups excluding carboxylic acids is 1. The lowest BCUT2D eigenvalue weighted by Gasteiger charge is -2.21. The van der Waals surface area contributed by atoms with Crippen LogP contribution in [0.15, 0.2) is 59.3 Å². The number of hydrogen-bond donors (Lipinski definition) is 0. The third-order valence-corrected chi connectivity index (χ3v) is 6.95. The molecular weight excluding hydrogens is 426 g/mol. The Morgan fingerprint density at radius 1 is 1.10 bits per heavy atom. The summed E-state index contributed by atoms with van der Waals surface area (Å²) in [6.45, 7) is 7.72. The van der Waals surface area contributed by atoms with Gasteiger partial charge in [0.15, 0.2) is 10.3 Å². The number of aromatic nitrogens is 4. The van der Waals surface area contributed by atoms with Gasteiger partial charge in [0.1, 0.15) is 6.33 Å². The maximum Gasteiger partial charge on any atom is 0.230 e. The number of hydrogen-bond acceptors (Lipinski definition) is 6. The van der Waals surface area contributed by atoms with Crippen LogP contribution in [0.4, 0.5) is 10.8 Å². The molecule has 0 saturated heterocycles. The number of aryl methyl sites for hydroxylation is 2. The zero-order chi connectivity index (χ0) is 22.0. The molecule has 8 heteroatoms. The van der Waals surface area contributed by atoms with Gasteiger partial charge in [-0.3, -0.25) is 14.3 Å². The van der Waals surface area contributed by atoms with Gasteiger partial charge in [-0.2, -0.15) is 0 Å². The third kappa shape index (κ3) is 4.40. The Morgan fingerprint density at radius 2 is 1.87 bits per heavy atom. The van der Waals surface area contributed by atoms with Crippen molar-refractivity contribution in [2.24, 2.45) is 0 Å². The van der Waals surface area contributed by atoms with Crippen LogP contribution in [0.1, 0.15) is 29.3 Å². The number of anilines is 2. The van der Waals surface area contributed by atoms with E-state index in [0.717, 1.165) is 38.9 Å². The van der Waals surface area contributed by atoms with Crippen LogP contribution in [0.25, 0.3) is 5.69 Å². The highest BCUT2D eigenvalue weighted by atomic mass is 32.2. The number of carbonyl (C=O) groups is 1. The van der Waals surface area contributed by atoms with Gasteiger partial charge in [0.25, 0.3) is 0 Å². The fraction of sp³-hybridized carbons (Fsp3) is 0.217. The molecule has 0 aliphatic carbocycles. The average molecular weight is 450 g/mol. The van der Waals surface area contributed by atoms with Crippen molar-refractivity contribution in [2.45, 2.75) is 38.6 Å². The summed E-state index contributed by atoms with van der Waals surface area (Å²) >= 11 is 3.05. The second kappa shape index (κ2) is 9.03. The SMILES string of the molecule is CC(=O)N(c1nc(CSc2nncn2-c2ccccc2C)cs1)c1cccc(C)c1C. The van der Waals surface area contributed by atoms with Crippen molar-refractivity contribution in [2.75, 3.05) is 4.90 Å². The van der Waals surface area contributed by atoms with E-state index in [4.69, 9.17) is 4.98 Å². The van der Waals surface area contributed by atoms with Gasteiger partial charge in [-0.15, -0.1) is 21.5 Å². The molecule has 6 nitrogen and oxygen atoms in total.